The molecule has 0 aliphatic carbocycles. The number of hydrogen-bond donors (Lipinski definition) is 2. The Bertz CT molecular complexity index is 614. The number of benzene rings is 1. The van der Waals surface area contributed by atoms with Gasteiger partial charge in [0.25, 0.3) is 0 Å². The van der Waals surface area contributed by atoms with Gasteiger partial charge in [-0.2, -0.15) is 13.2 Å². The fraction of sp³-hybridized carbons (Fsp3) is 0.308. The molecule has 0 radical (unpaired) electrons. The number of ether oxygens (including phenoxy) is 1. The highest BCUT2D eigenvalue weighted by Gasteiger charge is 2.33. The van der Waals surface area contributed by atoms with E-state index in [1.54, 1.807) is 18.2 Å². The molecule has 0 aliphatic heterocycles. The van der Waals surface area contributed by atoms with Crippen molar-refractivity contribution in [2.45, 2.75) is 19.5 Å². The summed E-state index contributed by atoms with van der Waals surface area (Å²) >= 11 is 0. The summed E-state index contributed by atoms with van der Waals surface area (Å²) in [4.78, 5) is 3.66. The van der Waals surface area contributed by atoms with E-state index >= 15 is 0 Å². The first-order valence-electron chi connectivity index (χ1n) is 6.07. The summed E-state index contributed by atoms with van der Waals surface area (Å²) in [6.07, 6.45) is -3.80. The summed E-state index contributed by atoms with van der Waals surface area (Å²) in [6.45, 7) is 2.31. The Morgan fingerprint density at radius 1 is 1.35 bits per heavy atom. The lowest BCUT2D eigenvalue weighted by molar-refractivity contribution is -0.140. The predicted octanol–water partition coefficient (Wildman–Crippen LogP) is 3.33. The normalized spacial score (nSPS) is 11.7. The van der Waals surface area contributed by atoms with E-state index < -0.39 is 11.9 Å². The van der Waals surface area contributed by atoms with Crippen molar-refractivity contribution in [2.24, 2.45) is 5.84 Å². The fourth-order valence-electron chi connectivity index (χ4n) is 1.82. The van der Waals surface area contributed by atoms with Crippen molar-refractivity contribution in [1.29, 1.82) is 0 Å². The first kappa shape index (κ1) is 14.4. The van der Waals surface area contributed by atoms with E-state index in [9.17, 15) is 13.2 Å². The van der Waals surface area contributed by atoms with Crippen LogP contribution in [0.4, 0.5) is 18.9 Å². The Morgan fingerprint density at radius 2 is 2.10 bits per heavy atom. The number of nitrogen functional groups attached to an aromatic ring is 1. The highest BCUT2D eigenvalue weighted by molar-refractivity contribution is 5.95. The summed E-state index contributed by atoms with van der Waals surface area (Å²) < 4.78 is 44.0. The summed E-state index contributed by atoms with van der Waals surface area (Å²) in [5.41, 5.74) is 1.56. The van der Waals surface area contributed by atoms with Gasteiger partial charge in [-0.3, -0.25) is 5.84 Å². The zero-order valence-electron chi connectivity index (χ0n) is 10.8. The van der Waals surface area contributed by atoms with Crippen molar-refractivity contribution < 1.29 is 17.9 Å². The Kier molecular flexibility index (Phi) is 3.99. The third-order valence-corrected chi connectivity index (χ3v) is 2.71. The third kappa shape index (κ3) is 2.77. The SMILES string of the molecule is CCCOc1cccc2c(NN)cc(C(F)(F)F)nc12. The molecule has 3 N–H and O–H groups in total. The molecule has 20 heavy (non-hydrogen) atoms. The van der Waals surface area contributed by atoms with E-state index in [0.717, 1.165) is 12.5 Å². The monoisotopic (exact) mass is 285 g/mol. The number of rotatable bonds is 4. The Labute approximate surface area is 113 Å². The van der Waals surface area contributed by atoms with Gasteiger partial charge in [-0.05, 0) is 18.6 Å². The molecule has 4 nitrogen and oxygen atoms in total. The van der Waals surface area contributed by atoms with E-state index in [0.29, 0.717) is 17.7 Å². The van der Waals surface area contributed by atoms with Crippen molar-refractivity contribution in [2.75, 3.05) is 12.0 Å². The zero-order chi connectivity index (χ0) is 14.8. The van der Waals surface area contributed by atoms with Crippen LogP contribution in [0.5, 0.6) is 5.75 Å². The Morgan fingerprint density at radius 3 is 2.70 bits per heavy atom. The number of para-hydroxylation sites is 1. The highest BCUT2D eigenvalue weighted by Crippen LogP contribution is 2.35. The largest absolute Gasteiger partial charge is 0.491 e. The minimum Gasteiger partial charge on any atom is -0.491 e. The van der Waals surface area contributed by atoms with Crippen molar-refractivity contribution in [3.05, 3.63) is 30.0 Å². The van der Waals surface area contributed by atoms with Crippen molar-refractivity contribution in [3.63, 3.8) is 0 Å². The van der Waals surface area contributed by atoms with E-state index in [1.165, 1.54) is 0 Å². The van der Waals surface area contributed by atoms with E-state index in [4.69, 9.17) is 10.6 Å². The van der Waals surface area contributed by atoms with E-state index in [2.05, 4.69) is 10.4 Å². The number of nitrogens with one attached hydrogen (secondary N) is 1. The maximum absolute atomic E-state index is 12.8. The Hall–Kier alpha value is -2.02. The molecule has 108 valence electrons. The van der Waals surface area contributed by atoms with Crippen LogP contribution in [0, 0.1) is 0 Å². The maximum atomic E-state index is 12.8. The fourth-order valence-corrected chi connectivity index (χ4v) is 1.82. The van der Waals surface area contributed by atoms with E-state index in [1.807, 2.05) is 6.92 Å². The van der Waals surface area contributed by atoms with Crippen LogP contribution in [0.25, 0.3) is 10.9 Å². The minimum absolute atomic E-state index is 0.142. The van der Waals surface area contributed by atoms with Gasteiger partial charge >= 0.3 is 6.18 Å². The number of halogens is 3. The first-order valence-corrected chi connectivity index (χ1v) is 6.07. The summed E-state index contributed by atoms with van der Waals surface area (Å²) in [7, 11) is 0. The summed E-state index contributed by atoms with van der Waals surface area (Å²) in [5, 5.41) is 0.481. The number of nitrogens with zero attached hydrogens (tertiary/aromatic N) is 1. The molecule has 0 saturated carbocycles. The third-order valence-electron chi connectivity index (χ3n) is 2.71. The molecule has 0 amide bonds. The standard InChI is InChI=1S/C13H14F3N3O/c1-2-6-20-10-5-3-4-8-9(19-17)7-11(13(14,15)16)18-12(8)10/h3-5,7H,2,6,17H2,1H3,(H,18,19). The van der Waals surface area contributed by atoms with Crippen LogP contribution >= 0.6 is 0 Å². The minimum atomic E-state index is -4.54. The second kappa shape index (κ2) is 5.54. The molecule has 7 heteroatoms. The van der Waals surface area contributed by atoms with Gasteiger partial charge in [0, 0.05) is 5.39 Å². The van der Waals surface area contributed by atoms with Gasteiger partial charge in [0.05, 0.1) is 12.3 Å². The second-order valence-corrected chi connectivity index (χ2v) is 4.20. The number of hydrazine groups is 1. The van der Waals surface area contributed by atoms with Crippen LogP contribution in [-0.4, -0.2) is 11.6 Å². The number of aromatic nitrogens is 1. The highest BCUT2D eigenvalue weighted by atomic mass is 19.4. The molecule has 1 aromatic heterocycles. The first-order chi connectivity index (χ1) is 9.47. The van der Waals surface area contributed by atoms with Gasteiger partial charge < -0.3 is 10.2 Å². The average molecular weight is 285 g/mol. The predicted molar refractivity (Wildman–Crippen MR) is 70.3 cm³/mol. The topological polar surface area (TPSA) is 60.2 Å². The molecule has 2 rings (SSSR count). The molecule has 0 unspecified atom stereocenters. The van der Waals surface area contributed by atoms with Gasteiger partial charge in [0.15, 0.2) is 0 Å². The lowest BCUT2D eigenvalue weighted by Crippen LogP contribution is -2.13. The molecule has 1 aromatic carbocycles. The lowest BCUT2D eigenvalue weighted by atomic mass is 10.1. The van der Waals surface area contributed by atoms with Crippen molar-refractivity contribution in [3.8, 4) is 5.75 Å². The second-order valence-electron chi connectivity index (χ2n) is 4.20. The van der Waals surface area contributed by atoms with Gasteiger partial charge in [-0.15, -0.1) is 0 Å². The van der Waals surface area contributed by atoms with Crippen LogP contribution in [0.3, 0.4) is 0 Å². The average Bonchev–Trinajstić information content (AvgIpc) is 2.42. The molecular weight excluding hydrogens is 271 g/mol. The molecular formula is C13H14F3N3O. The van der Waals surface area contributed by atoms with Crippen LogP contribution in [0.2, 0.25) is 0 Å². The molecule has 0 fully saturated rings. The summed E-state index contributed by atoms with van der Waals surface area (Å²) in [6, 6.07) is 5.79. The molecule has 1 heterocycles. The number of anilines is 1. The molecule has 0 atom stereocenters. The van der Waals surface area contributed by atoms with Crippen LogP contribution in [-0.2, 0) is 6.18 Å². The Balaban J connectivity index is 2.66. The van der Waals surface area contributed by atoms with E-state index in [-0.39, 0.29) is 11.2 Å². The van der Waals surface area contributed by atoms with Gasteiger partial charge in [0.2, 0.25) is 0 Å². The van der Waals surface area contributed by atoms with Crippen LogP contribution < -0.4 is 16.0 Å². The van der Waals surface area contributed by atoms with Gasteiger partial charge in [-0.1, -0.05) is 19.1 Å². The molecule has 2 aromatic rings. The number of pyridine rings is 1. The lowest BCUT2D eigenvalue weighted by Gasteiger charge is -2.14. The molecule has 0 saturated heterocycles. The quantitative estimate of drug-likeness (QED) is 0.668. The zero-order valence-corrected chi connectivity index (χ0v) is 10.8. The van der Waals surface area contributed by atoms with Crippen molar-refractivity contribution >= 4 is 16.6 Å². The molecule has 0 aliphatic rings. The maximum Gasteiger partial charge on any atom is 0.433 e. The molecule has 0 spiro atoms. The number of fused-ring (bicyclic) bond motifs is 1. The van der Waals surface area contributed by atoms with Crippen LogP contribution in [0.1, 0.15) is 19.0 Å². The van der Waals surface area contributed by atoms with Gasteiger partial charge in [-0.25, -0.2) is 4.98 Å². The number of nitrogens with two attached hydrogens (primary N) is 1. The molecule has 0 bridgehead atoms. The van der Waals surface area contributed by atoms with Crippen molar-refractivity contribution in [1.82, 2.24) is 4.98 Å². The summed E-state index contributed by atoms with van der Waals surface area (Å²) in [5.74, 6) is 5.60. The van der Waals surface area contributed by atoms with Crippen LogP contribution in [0.15, 0.2) is 24.3 Å². The van der Waals surface area contributed by atoms with Gasteiger partial charge in [0.1, 0.15) is 17.0 Å². The number of alkyl halides is 3. The number of hydrogen-bond acceptors (Lipinski definition) is 4. The smallest absolute Gasteiger partial charge is 0.433 e.